The number of halogens is 3. The average molecular weight is 399 g/mol. The van der Waals surface area contributed by atoms with Gasteiger partial charge in [0.1, 0.15) is 5.69 Å². The summed E-state index contributed by atoms with van der Waals surface area (Å²) in [5.74, 6) is -1.97. The molecular weight excluding hydrogens is 386 g/mol. The van der Waals surface area contributed by atoms with E-state index in [9.17, 15) is 13.6 Å². The van der Waals surface area contributed by atoms with Gasteiger partial charge in [0.15, 0.2) is 11.6 Å². The van der Waals surface area contributed by atoms with E-state index in [0.29, 0.717) is 17.8 Å². The van der Waals surface area contributed by atoms with E-state index in [1.54, 1.807) is 0 Å². The Hall–Kier alpha value is -1.73. The Morgan fingerprint density at radius 2 is 2.09 bits per heavy atom. The van der Waals surface area contributed by atoms with Crippen LogP contribution in [-0.2, 0) is 6.54 Å². The molecule has 120 valence electrons. The second-order valence-corrected chi connectivity index (χ2v) is 6.79. The summed E-state index contributed by atoms with van der Waals surface area (Å²) >= 11 is 5.00. The van der Waals surface area contributed by atoms with Gasteiger partial charge in [0, 0.05) is 18.5 Å². The van der Waals surface area contributed by atoms with Crippen molar-refractivity contribution in [1.29, 1.82) is 0 Å². The summed E-state index contributed by atoms with van der Waals surface area (Å²) < 4.78 is 30.2. The average Bonchev–Trinajstić information content (AvgIpc) is 3.04. The largest absolute Gasteiger partial charge is 0.351 e. The van der Waals surface area contributed by atoms with Crippen molar-refractivity contribution in [3.63, 3.8) is 0 Å². The molecule has 0 bridgehead atoms. The molecule has 0 saturated carbocycles. The van der Waals surface area contributed by atoms with Crippen LogP contribution in [0.2, 0.25) is 0 Å². The van der Waals surface area contributed by atoms with Crippen LogP contribution >= 0.6 is 27.3 Å². The Bertz CT molecular complexity index is 888. The van der Waals surface area contributed by atoms with Crippen molar-refractivity contribution in [2.75, 3.05) is 6.54 Å². The Morgan fingerprint density at radius 1 is 1.30 bits per heavy atom. The third-order valence-electron chi connectivity index (χ3n) is 3.47. The van der Waals surface area contributed by atoms with Gasteiger partial charge < -0.3 is 9.88 Å². The van der Waals surface area contributed by atoms with Crippen molar-refractivity contribution in [1.82, 2.24) is 9.88 Å². The number of benzene rings is 1. The minimum Gasteiger partial charge on any atom is -0.351 e. The monoisotopic (exact) mass is 398 g/mol. The number of aromatic nitrogens is 1. The summed E-state index contributed by atoms with van der Waals surface area (Å²) in [5.41, 5.74) is 1.96. The van der Waals surface area contributed by atoms with Crippen LogP contribution in [0.5, 0.6) is 0 Å². The summed E-state index contributed by atoms with van der Waals surface area (Å²) in [6.45, 7) is 2.64. The number of fused-ring (bicyclic) bond motifs is 1. The molecule has 1 N–H and O–H groups in total. The zero-order valence-electron chi connectivity index (χ0n) is 12.2. The highest BCUT2D eigenvalue weighted by molar-refractivity contribution is 9.10. The van der Waals surface area contributed by atoms with E-state index in [1.807, 2.05) is 22.9 Å². The van der Waals surface area contributed by atoms with E-state index in [0.717, 1.165) is 26.8 Å². The van der Waals surface area contributed by atoms with Crippen molar-refractivity contribution in [3.8, 4) is 0 Å². The van der Waals surface area contributed by atoms with Gasteiger partial charge in [-0.1, -0.05) is 6.07 Å². The second-order valence-electron chi connectivity index (χ2n) is 5.02. The molecule has 0 aliphatic rings. The molecule has 0 aliphatic carbocycles. The Balaban J connectivity index is 2.09. The van der Waals surface area contributed by atoms with Gasteiger partial charge in [-0.2, -0.15) is 0 Å². The molecule has 1 aromatic carbocycles. The first kappa shape index (κ1) is 16.1. The fourth-order valence-corrected chi connectivity index (χ4v) is 4.15. The van der Waals surface area contributed by atoms with Gasteiger partial charge in [-0.3, -0.25) is 4.79 Å². The summed E-state index contributed by atoms with van der Waals surface area (Å²) in [7, 11) is 0. The fourth-order valence-electron chi connectivity index (χ4n) is 2.46. The number of hydrogen-bond donors (Lipinski definition) is 1. The van der Waals surface area contributed by atoms with Crippen molar-refractivity contribution in [3.05, 3.63) is 57.0 Å². The Morgan fingerprint density at radius 3 is 2.78 bits per heavy atom. The van der Waals surface area contributed by atoms with Crippen LogP contribution < -0.4 is 5.32 Å². The predicted octanol–water partition coefficient (Wildman–Crippen LogP) is 4.54. The lowest BCUT2D eigenvalue weighted by Gasteiger charge is -2.11. The van der Waals surface area contributed by atoms with E-state index < -0.39 is 11.6 Å². The summed E-state index contributed by atoms with van der Waals surface area (Å²) in [6.07, 6.45) is 0. The minimum atomic E-state index is -0.894. The van der Waals surface area contributed by atoms with Gasteiger partial charge in [-0.05, 0) is 46.6 Å². The maximum Gasteiger partial charge on any atom is 0.267 e. The summed E-state index contributed by atoms with van der Waals surface area (Å²) in [5, 5.41) is 4.71. The molecule has 2 heterocycles. The predicted molar refractivity (Wildman–Crippen MR) is 91.0 cm³/mol. The number of hydrogen-bond acceptors (Lipinski definition) is 2. The molecular formula is C16H13BrF2N2OS. The number of nitrogens with one attached hydrogen (secondary N) is 1. The fraction of sp³-hybridized carbons (Fsp3) is 0.188. The van der Waals surface area contributed by atoms with Gasteiger partial charge in [-0.15, -0.1) is 11.3 Å². The van der Waals surface area contributed by atoms with Crippen LogP contribution in [0.4, 0.5) is 8.78 Å². The SMILES string of the molecule is CCNC(=O)c1cc2scc(Br)c2n1Cc1ccc(F)c(F)c1. The van der Waals surface area contributed by atoms with E-state index in [-0.39, 0.29) is 12.5 Å². The molecule has 7 heteroatoms. The lowest BCUT2D eigenvalue weighted by molar-refractivity contribution is 0.0947. The van der Waals surface area contributed by atoms with E-state index in [4.69, 9.17) is 0 Å². The Kier molecular flexibility index (Phi) is 4.50. The van der Waals surface area contributed by atoms with E-state index >= 15 is 0 Å². The molecule has 3 aromatic rings. The zero-order valence-corrected chi connectivity index (χ0v) is 14.6. The molecule has 0 unspecified atom stereocenters. The maximum atomic E-state index is 13.5. The number of carbonyl (C=O) groups is 1. The van der Waals surface area contributed by atoms with Crippen LogP contribution in [0.1, 0.15) is 23.0 Å². The van der Waals surface area contributed by atoms with Gasteiger partial charge in [0.25, 0.3) is 5.91 Å². The number of thiophene rings is 1. The molecule has 0 spiro atoms. The second kappa shape index (κ2) is 6.41. The first-order valence-corrected chi connectivity index (χ1v) is 8.67. The maximum absolute atomic E-state index is 13.5. The normalized spacial score (nSPS) is 11.1. The topological polar surface area (TPSA) is 34.0 Å². The van der Waals surface area contributed by atoms with Gasteiger partial charge in [-0.25, -0.2) is 8.78 Å². The third-order valence-corrected chi connectivity index (χ3v) is 5.30. The van der Waals surface area contributed by atoms with Crippen molar-refractivity contribution >= 4 is 43.4 Å². The smallest absolute Gasteiger partial charge is 0.267 e. The van der Waals surface area contributed by atoms with Crippen LogP contribution in [0, 0.1) is 11.6 Å². The lowest BCUT2D eigenvalue weighted by atomic mass is 10.2. The highest BCUT2D eigenvalue weighted by Gasteiger charge is 2.18. The zero-order chi connectivity index (χ0) is 16.6. The third kappa shape index (κ3) is 3.03. The number of amides is 1. The number of nitrogens with zero attached hydrogens (tertiary/aromatic N) is 1. The lowest BCUT2D eigenvalue weighted by Crippen LogP contribution is -2.25. The first-order chi connectivity index (χ1) is 11.0. The summed E-state index contributed by atoms with van der Waals surface area (Å²) in [4.78, 5) is 12.3. The number of rotatable bonds is 4. The molecule has 0 radical (unpaired) electrons. The standard InChI is InChI=1S/C16H13BrF2N2OS/c1-2-20-16(22)13-6-14-15(10(17)8-23-14)21(13)7-9-3-4-11(18)12(19)5-9/h3-6,8H,2,7H2,1H3,(H,20,22). The van der Waals surface area contributed by atoms with Gasteiger partial charge in [0.2, 0.25) is 0 Å². The van der Waals surface area contributed by atoms with Crippen molar-refractivity contribution in [2.24, 2.45) is 0 Å². The molecule has 3 rings (SSSR count). The van der Waals surface area contributed by atoms with Crippen LogP contribution in [0.15, 0.2) is 34.1 Å². The molecule has 2 aromatic heterocycles. The van der Waals surface area contributed by atoms with Gasteiger partial charge in [0.05, 0.1) is 14.7 Å². The molecule has 23 heavy (non-hydrogen) atoms. The van der Waals surface area contributed by atoms with Gasteiger partial charge >= 0.3 is 0 Å². The molecule has 1 amide bonds. The minimum absolute atomic E-state index is 0.189. The van der Waals surface area contributed by atoms with E-state index in [1.165, 1.54) is 17.4 Å². The molecule has 3 nitrogen and oxygen atoms in total. The van der Waals surface area contributed by atoms with Crippen molar-refractivity contribution in [2.45, 2.75) is 13.5 Å². The summed E-state index contributed by atoms with van der Waals surface area (Å²) in [6, 6.07) is 5.59. The van der Waals surface area contributed by atoms with E-state index in [2.05, 4.69) is 21.2 Å². The molecule has 0 atom stereocenters. The highest BCUT2D eigenvalue weighted by Crippen LogP contribution is 2.33. The quantitative estimate of drug-likeness (QED) is 0.687. The molecule has 0 saturated heterocycles. The molecule has 0 fully saturated rings. The van der Waals surface area contributed by atoms with Crippen molar-refractivity contribution < 1.29 is 13.6 Å². The highest BCUT2D eigenvalue weighted by atomic mass is 79.9. The van der Waals surface area contributed by atoms with Crippen LogP contribution in [0.3, 0.4) is 0 Å². The first-order valence-electron chi connectivity index (χ1n) is 6.99. The number of carbonyl (C=O) groups excluding carboxylic acids is 1. The Labute approximate surface area is 144 Å². The van der Waals surface area contributed by atoms with Crippen LogP contribution in [-0.4, -0.2) is 17.0 Å². The van der Waals surface area contributed by atoms with Crippen LogP contribution in [0.25, 0.3) is 10.2 Å². The molecule has 0 aliphatic heterocycles.